The average Bonchev–Trinajstić information content (AvgIpc) is 2.87. The van der Waals surface area contributed by atoms with E-state index in [1.165, 1.54) is 23.5 Å². The van der Waals surface area contributed by atoms with Gasteiger partial charge in [0.25, 0.3) is 0 Å². The highest BCUT2D eigenvalue weighted by Gasteiger charge is 2.35. The van der Waals surface area contributed by atoms with E-state index in [2.05, 4.69) is 56.1 Å². The van der Waals surface area contributed by atoms with E-state index in [1.807, 2.05) is 11.3 Å². The molecule has 2 atom stereocenters. The highest BCUT2D eigenvalue weighted by molar-refractivity contribution is 7.10. The lowest BCUT2D eigenvalue weighted by Crippen LogP contribution is -2.37. The Labute approximate surface area is 116 Å². The van der Waals surface area contributed by atoms with Gasteiger partial charge in [-0.2, -0.15) is 0 Å². The summed E-state index contributed by atoms with van der Waals surface area (Å²) in [6.45, 7) is 10.6. The first-order valence-corrected chi connectivity index (χ1v) is 7.78. The van der Waals surface area contributed by atoms with Crippen molar-refractivity contribution in [1.82, 2.24) is 9.80 Å². The fourth-order valence-electron chi connectivity index (χ4n) is 2.99. The molecule has 1 aromatic heterocycles. The van der Waals surface area contributed by atoms with Crippen LogP contribution in [0.15, 0.2) is 11.4 Å². The van der Waals surface area contributed by atoms with Gasteiger partial charge in [0.2, 0.25) is 0 Å². The molecule has 0 saturated carbocycles. The maximum atomic E-state index is 2.63. The fraction of sp³-hybridized carbons (Fsp3) is 0.733. The SMILES string of the molecule is Cc1ccsc1CN1CC(C(C)C)C(N(C)C)C1. The average molecular weight is 266 g/mol. The minimum Gasteiger partial charge on any atom is -0.305 e. The van der Waals surface area contributed by atoms with Crippen LogP contribution in [0.25, 0.3) is 0 Å². The second kappa shape index (κ2) is 5.72. The van der Waals surface area contributed by atoms with E-state index in [9.17, 15) is 0 Å². The molecule has 2 unspecified atom stereocenters. The summed E-state index contributed by atoms with van der Waals surface area (Å²) in [6, 6.07) is 2.95. The summed E-state index contributed by atoms with van der Waals surface area (Å²) >= 11 is 1.90. The second-order valence-electron chi connectivity index (χ2n) is 6.16. The van der Waals surface area contributed by atoms with Crippen molar-refractivity contribution in [3.05, 3.63) is 21.9 Å². The van der Waals surface area contributed by atoms with Gasteiger partial charge in [0.05, 0.1) is 0 Å². The maximum Gasteiger partial charge on any atom is 0.0331 e. The smallest absolute Gasteiger partial charge is 0.0331 e. The molecule has 1 aromatic rings. The summed E-state index contributed by atoms with van der Waals surface area (Å²) in [5, 5.41) is 2.21. The highest BCUT2D eigenvalue weighted by Crippen LogP contribution is 2.29. The van der Waals surface area contributed by atoms with E-state index in [-0.39, 0.29) is 0 Å². The molecule has 3 heteroatoms. The van der Waals surface area contributed by atoms with Crippen LogP contribution in [0.2, 0.25) is 0 Å². The Kier molecular flexibility index (Phi) is 4.46. The predicted molar refractivity (Wildman–Crippen MR) is 80.1 cm³/mol. The van der Waals surface area contributed by atoms with Gasteiger partial charge in [0.15, 0.2) is 0 Å². The van der Waals surface area contributed by atoms with Crippen LogP contribution in [-0.2, 0) is 6.54 Å². The van der Waals surface area contributed by atoms with Crippen molar-refractivity contribution in [3.63, 3.8) is 0 Å². The van der Waals surface area contributed by atoms with Crippen LogP contribution in [0, 0.1) is 18.8 Å². The van der Waals surface area contributed by atoms with E-state index in [0.717, 1.165) is 18.4 Å². The van der Waals surface area contributed by atoms with Crippen LogP contribution in [-0.4, -0.2) is 43.0 Å². The number of nitrogens with zero attached hydrogens (tertiary/aromatic N) is 2. The van der Waals surface area contributed by atoms with Gasteiger partial charge in [-0.25, -0.2) is 0 Å². The Morgan fingerprint density at radius 3 is 2.56 bits per heavy atom. The zero-order valence-corrected chi connectivity index (χ0v) is 13.1. The summed E-state index contributed by atoms with van der Waals surface area (Å²) in [4.78, 5) is 6.58. The van der Waals surface area contributed by atoms with Crippen molar-refractivity contribution >= 4 is 11.3 Å². The van der Waals surface area contributed by atoms with Crippen molar-refractivity contribution in [1.29, 1.82) is 0 Å². The molecule has 0 aromatic carbocycles. The third-order valence-electron chi connectivity index (χ3n) is 4.26. The zero-order chi connectivity index (χ0) is 13.3. The molecule has 2 heterocycles. The predicted octanol–water partition coefficient (Wildman–Crippen LogP) is 3.07. The Bertz CT molecular complexity index is 368. The number of likely N-dealkylation sites (N-methyl/N-ethyl adjacent to an activating group) is 1. The molecule has 0 bridgehead atoms. The molecule has 0 amide bonds. The van der Waals surface area contributed by atoms with Crippen molar-refractivity contribution in [3.8, 4) is 0 Å². The van der Waals surface area contributed by atoms with Gasteiger partial charge in [0.1, 0.15) is 0 Å². The van der Waals surface area contributed by atoms with Gasteiger partial charge in [-0.3, -0.25) is 4.90 Å². The first-order valence-electron chi connectivity index (χ1n) is 6.90. The highest BCUT2D eigenvalue weighted by atomic mass is 32.1. The van der Waals surface area contributed by atoms with Crippen LogP contribution in [0.1, 0.15) is 24.3 Å². The van der Waals surface area contributed by atoms with E-state index in [4.69, 9.17) is 0 Å². The summed E-state index contributed by atoms with van der Waals surface area (Å²) in [5.41, 5.74) is 1.45. The van der Waals surface area contributed by atoms with E-state index in [0.29, 0.717) is 6.04 Å². The Balaban J connectivity index is 2.02. The summed E-state index contributed by atoms with van der Waals surface area (Å²) in [7, 11) is 4.44. The largest absolute Gasteiger partial charge is 0.305 e. The molecule has 1 fully saturated rings. The number of aryl methyl sites for hydroxylation is 1. The zero-order valence-electron chi connectivity index (χ0n) is 12.3. The molecule has 2 nitrogen and oxygen atoms in total. The second-order valence-corrected chi connectivity index (χ2v) is 7.16. The number of thiophene rings is 1. The van der Waals surface area contributed by atoms with E-state index >= 15 is 0 Å². The van der Waals surface area contributed by atoms with Gasteiger partial charge in [-0.1, -0.05) is 13.8 Å². The van der Waals surface area contributed by atoms with Gasteiger partial charge >= 0.3 is 0 Å². The van der Waals surface area contributed by atoms with Crippen molar-refractivity contribution in [2.24, 2.45) is 11.8 Å². The molecule has 0 aliphatic carbocycles. The monoisotopic (exact) mass is 266 g/mol. The normalized spacial score (nSPS) is 25.5. The summed E-state index contributed by atoms with van der Waals surface area (Å²) in [5.74, 6) is 1.58. The number of likely N-dealkylation sites (tertiary alicyclic amines) is 1. The molecular weight excluding hydrogens is 240 g/mol. The first-order chi connectivity index (χ1) is 8.49. The molecule has 1 aliphatic rings. The van der Waals surface area contributed by atoms with Crippen molar-refractivity contribution in [2.75, 3.05) is 27.2 Å². The summed E-state index contributed by atoms with van der Waals surface area (Å²) < 4.78 is 0. The van der Waals surface area contributed by atoms with Crippen molar-refractivity contribution in [2.45, 2.75) is 33.4 Å². The molecule has 1 aliphatic heterocycles. The molecule has 18 heavy (non-hydrogen) atoms. The lowest BCUT2D eigenvalue weighted by Gasteiger charge is -2.27. The van der Waals surface area contributed by atoms with Crippen LogP contribution in [0.4, 0.5) is 0 Å². The van der Waals surface area contributed by atoms with E-state index < -0.39 is 0 Å². The maximum absolute atomic E-state index is 2.63. The molecule has 0 N–H and O–H groups in total. The lowest BCUT2D eigenvalue weighted by atomic mass is 9.91. The third-order valence-corrected chi connectivity index (χ3v) is 5.27. The Morgan fingerprint density at radius 1 is 1.39 bits per heavy atom. The molecule has 2 rings (SSSR count). The van der Waals surface area contributed by atoms with Gasteiger partial charge in [-0.15, -0.1) is 11.3 Å². The molecule has 0 spiro atoms. The molecule has 0 radical (unpaired) electrons. The van der Waals surface area contributed by atoms with Crippen LogP contribution in [0.3, 0.4) is 0 Å². The number of hydrogen-bond acceptors (Lipinski definition) is 3. The minimum atomic E-state index is 0.713. The standard InChI is InChI=1S/C15H26N2S/c1-11(2)13-8-17(9-14(13)16(4)5)10-15-12(3)6-7-18-15/h6-7,11,13-14H,8-10H2,1-5H3. The van der Waals surface area contributed by atoms with E-state index in [1.54, 1.807) is 0 Å². The molecule has 102 valence electrons. The quantitative estimate of drug-likeness (QED) is 0.826. The topological polar surface area (TPSA) is 6.48 Å². The van der Waals surface area contributed by atoms with Crippen LogP contribution >= 0.6 is 11.3 Å². The Morgan fingerprint density at radius 2 is 2.11 bits per heavy atom. The minimum absolute atomic E-state index is 0.713. The third kappa shape index (κ3) is 2.95. The molecule has 1 saturated heterocycles. The fourth-order valence-corrected chi connectivity index (χ4v) is 3.94. The van der Waals surface area contributed by atoms with Crippen LogP contribution in [0.5, 0.6) is 0 Å². The lowest BCUT2D eigenvalue weighted by molar-refractivity contribution is 0.215. The summed E-state index contributed by atoms with van der Waals surface area (Å²) in [6.07, 6.45) is 0. The first kappa shape index (κ1) is 14.0. The van der Waals surface area contributed by atoms with Gasteiger partial charge in [0, 0.05) is 30.6 Å². The van der Waals surface area contributed by atoms with Gasteiger partial charge in [-0.05, 0) is 49.9 Å². The van der Waals surface area contributed by atoms with Crippen molar-refractivity contribution < 1.29 is 0 Å². The number of rotatable bonds is 4. The Hall–Kier alpha value is -0.380. The molecular formula is C15H26N2S. The number of hydrogen-bond donors (Lipinski definition) is 0. The van der Waals surface area contributed by atoms with Gasteiger partial charge < -0.3 is 4.90 Å². The van der Waals surface area contributed by atoms with Crippen LogP contribution < -0.4 is 0 Å².